The second-order valence-electron chi connectivity index (χ2n) is 4.23. The van der Waals surface area contributed by atoms with Gasteiger partial charge in [-0.1, -0.05) is 0 Å². The third kappa shape index (κ3) is 2.38. The molecule has 3 heterocycles. The zero-order valence-electron chi connectivity index (χ0n) is 10.4. The highest BCUT2D eigenvalue weighted by Gasteiger charge is 2.31. The first-order valence-corrected chi connectivity index (χ1v) is 7.69. The number of hydrogen-bond donors (Lipinski definition) is 1. The van der Waals surface area contributed by atoms with E-state index in [1.807, 2.05) is 10.4 Å². The standard InChI is InChI=1S/C11H13N5OS2/c1-12-9-10-7(13-5-19-10)2-3-16(11(9)17)4-8-15-14-6-18-8/h5-6,9,12H,2-4H2,1H3. The average molecular weight is 295 g/mol. The van der Waals surface area contributed by atoms with Crippen molar-refractivity contribution >= 4 is 28.6 Å². The number of fused-ring (bicyclic) bond motifs is 1. The molecule has 1 aliphatic heterocycles. The molecule has 100 valence electrons. The number of nitrogens with one attached hydrogen (secondary N) is 1. The lowest BCUT2D eigenvalue weighted by atomic mass is 10.2. The average Bonchev–Trinajstić information content (AvgIpc) is 3.04. The van der Waals surface area contributed by atoms with E-state index in [1.54, 1.807) is 12.6 Å². The third-order valence-corrected chi connectivity index (χ3v) is 4.75. The van der Waals surface area contributed by atoms with Crippen LogP contribution in [0.4, 0.5) is 0 Å². The van der Waals surface area contributed by atoms with Crippen LogP contribution in [-0.2, 0) is 17.8 Å². The van der Waals surface area contributed by atoms with E-state index >= 15 is 0 Å². The summed E-state index contributed by atoms with van der Waals surface area (Å²) >= 11 is 3.01. The number of carbonyl (C=O) groups excluding carboxylic acids is 1. The normalized spacial score (nSPS) is 19.3. The molecule has 2 aromatic rings. The van der Waals surface area contributed by atoms with Gasteiger partial charge in [0, 0.05) is 13.0 Å². The van der Waals surface area contributed by atoms with Crippen molar-refractivity contribution in [3.8, 4) is 0 Å². The van der Waals surface area contributed by atoms with Crippen molar-refractivity contribution in [2.45, 2.75) is 19.0 Å². The summed E-state index contributed by atoms with van der Waals surface area (Å²) in [6, 6.07) is -0.294. The van der Waals surface area contributed by atoms with Crippen molar-refractivity contribution in [3.63, 3.8) is 0 Å². The van der Waals surface area contributed by atoms with E-state index < -0.39 is 0 Å². The molecule has 1 amide bonds. The smallest absolute Gasteiger partial charge is 0.245 e. The molecule has 0 spiro atoms. The second-order valence-corrected chi connectivity index (χ2v) is 6.03. The lowest BCUT2D eigenvalue weighted by Gasteiger charge is -2.22. The van der Waals surface area contributed by atoms with E-state index in [9.17, 15) is 4.79 Å². The summed E-state index contributed by atoms with van der Waals surface area (Å²) in [5.74, 6) is 0.0840. The molecule has 19 heavy (non-hydrogen) atoms. The molecule has 0 fully saturated rings. The minimum Gasteiger partial charge on any atom is -0.334 e. The van der Waals surface area contributed by atoms with Gasteiger partial charge in [0.25, 0.3) is 0 Å². The van der Waals surface area contributed by atoms with Crippen LogP contribution in [0.25, 0.3) is 0 Å². The Morgan fingerprint density at radius 3 is 3.11 bits per heavy atom. The van der Waals surface area contributed by atoms with Crippen LogP contribution in [0.5, 0.6) is 0 Å². The number of carbonyl (C=O) groups is 1. The Morgan fingerprint density at radius 1 is 1.47 bits per heavy atom. The summed E-state index contributed by atoms with van der Waals surface area (Å²) in [6.45, 7) is 1.20. The Kier molecular flexibility index (Phi) is 3.54. The Bertz CT molecular complexity index is 567. The Labute approximate surface area is 118 Å². The Hall–Kier alpha value is -1.38. The number of rotatable bonds is 3. The van der Waals surface area contributed by atoms with Crippen molar-refractivity contribution in [2.24, 2.45) is 0 Å². The predicted octanol–water partition coefficient (Wildman–Crippen LogP) is 0.840. The van der Waals surface area contributed by atoms with Gasteiger partial charge in [0.2, 0.25) is 5.91 Å². The van der Waals surface area contributed by atoms with Gasteiger partial charge in [-0.25, -0.2) is 4.98 Å². The highest BCUT2D eigenvalue weighted by molar-refractivity contribution is 7.10. The molecule has 0 radical (unpaired) electrons. The van der Waals surface area contributed by atoms with Crippen LogP contribution >= 0.6 is 22.7 Å². The maximum atomic E-state index is 12.6. The van der Waals surface area contributed by atoms with E-state index in [4.69, 9.17) is 0 Å². The summed E-state index contributed by atoms with van der Waals surface area (Å²) in [5, 5.41) is 11.8. The van der Waals surface area contributed by atoms with Crippen molar-refractivity contribution in [2.75, 3.05) is 13.6 Å². The SMILES string of the molecule is CNC1C(=O)N(Cc2nncs2)CCc2ncsc21. The van der Waals surface area contributed by atoms with Crippen molar-refractivity contribution in [1.82, 2.24) is 25.4 Å². The molecule has 1 unspecified atom stereocenters. The number of thiazole rings is 1. The van der Waals surface area contributed by atoms with Gasteiger partial charge in [-0.05, 0) is 7.05 Å². The second kappa shape index (κ2) is 5.32. The molecule has 8 heteroatoms. The first-order valence-electron chi connectivity index (χ1n) is 5.93. The van der Waals surface area contributed by atoms with Gasteiger partial charge in [-0.3, -0.25) is 4.79 Å². The zero-order valence-corrected chi connectivity index (χ0v) is 12.0. The molecule has 0 saturated heterocycles. The number of nitrogens with zero attached hydrogens (tertiary/aromatic N) is 4. The van der Waals surface area contributed by atoms with Gasteiger partial charge in [-0.2, -0.15) is 0 Å². The van der Waals surface area contributed by atoms with Crippen LogP contribution in [-0.4, -0.2) is 39.6 Å². The molecule has 6 nitrogen and oxygen atoms in total. The largest absolute Gasteiger partial charge is 0.334 e. The van der Waals surface area contributed by atoms with Gasteiger partial charge in [0.1, 0.15) is 16.6 Å². The topological polar surface area (TPSA) is 71.0 Å². The summed E-state index contributed by atoms with van der Waals surface area (Å²) in [6.07, 6.45) is 0.793. The molecule has 1 atom stereocenters. The fourth-order valence-electron chi connectivity index (χ4n) is 2.19. The van der Waals surface area contributed by atoms with Crippen LogP contribution in [0.2, 0.25) is 0 Å². The van der Waals surface area contributed by atoms with E-state index in [2.05, 4.69) is 20.5 Å². The molecule has 2 aromatic heterocycles. The van der Waals surface area contributed by atoms with E-state index in [0.717, 1.165) is 22.0 Å². The summed E-state index contributed by atoms with van der Waals surface area (Å²) < 4.78 is 0. The van der Waals surface area contributed by atoms with Crippen LogP contribution in [0.1, 0.15) is 21.6 Å². The number of hydrogen-bond acceptors (Lipinski definition) is 7. The maximum absolute atomic E-state index is 12.6. The predicted molar refractivity (Wildman–Crippen MR) is 72.9 cm³/mol. The minimum absolute atomic E-state index is 0.0840. The summed E-state index contributed by atoms with van der Waals surface area (Å²) in [7, 11) is 1.81. The van der Waals surface area contributed by atoms with Gasteiger partial charge in [0.15, 0.2) is 0 Å². The van der Waals surface area contributed by atoms with Crippen molar-refractivity contribution < 1.29 is 4.79 Å². The molecule has 0 aromatic carbocycles. The fraction of sp³-hybridized carbons (Fsp3) is 0.455. The third-order valence-electron chi connectivity index (χ3n) is 3.13. The van der Waals surface area contributed by atoms with Crippen LogP contribution in [0, 0.1) is 0 Å². The molecule has 1 aliphatic rings. The number of amides is 1. The lowest BCUT2D eigenvalue weighted by molar-refractivity contribution is -0.133. The quantitative estimate of drug-likeness (QED) is 0.908. The van der Waals surface area contributed by atoms with Crippen molar-refractivity contribution in [1.29, 1.82) is 0 Å². The van der Waals surface area contributed by atoms with Crippen LogP contribution in [0.3, 0.4) is 0 Å². The molecular weight excluding hydrogens is 282 g/mol. The van der Waals surface area contributed by atoms with Gasteiger partial charge in [-0.15, -0.1) is 32.9 Å². The Balaban J connectivity index is 1.85. The van der Waals surface area contributed by atoms with E-state index in [0.29, 0.717) is 13.1 Å². The molecule has 0 saturated carbocycles. The first-order chi connectivity index (χ1) is 9.29. The summed E-state index contributed by atoms with van der Waals surface area (Å²) in [5.41, 5.74) is 4.52. The summed E-state index contributed by atoms with van der Waals surface area (Å²) in [4.78, 5) is 19.8. The van der Waals surface area contributed by atoms with Crippen LogP contribution < -0.4 is 5.32 Å². The van der Waals surface area contributed by atoms with Gasteiger partial charge in [0.05, 0.1) is 22.6 Å². The fourth-order valence-corrected chi connectivity index (χ4v) is 3.67. The maximum Gasteiger partial charge on any atom is 0.245 e. The molecule has 1 N–H and O–H groups in total. The molecule has 0 bridgehead atoms. The van der Waals surface area contributed by atoms with Gasteiger partial charge >= 0.3 is 0 Å². The molecule has 0 aliphatic carbocycles. The van der Waals surface area contributed by atoms with Crippen molar-refractivity contribution in [3.05, 3.63) is 26.6 Å². The lowest BCUT2D eigenvalue weighted by Crippen LogP contribution is -2.38. The van der Waals surface area contributed by atoms with Crippen LogP contribution in [0.15, 0.2) is 11.0 Å². The minimum atomic E-state index is -0.294. The number of aromatic nitrogens is 3. The zero-order chi connectivity index (χ0) is 13.2. The number of likely N-dealkylation sites (N-methyl/N-ethyl adjacent to an activating group) is 1. The highest BCUT2D eigenvalue weighted by atomic mass is 32.1. The van der Waals surface area contributed by atoms with E-state index in [-0.39, 0.29) is 11.9 Å². The monoisotopic (exact) mass is 295 g/mol. The highest BCUT2D eigenvalue weighted by Crippen LogP contribution is 2.28. The van der Waals surface area contributed by atoms with E-state index in [1.165, 1.54) is 22.7 Å². The first kappa shape index (κ1) is 12.6. The Morgan fingerprint density at radius 2 is 2.37 bits per heavy atom. The van der Waals surface area contributed by atoms with Gasteiger partial charge < -0.3 is 10.2 Å². The molecular formula is C11H13N5OS2. The molecule has 3 rings (SSSR count).